The van der Waals surface area contributed by atoms with Crippen molar-refractivity contribution < 1.29 is 13.2 Å². The third kappa shape index (κ3) is 3.41. The Kier molecular flexibility index (Phi) is 4.34. The minimum atomic E-state index is -3.23. The van der Waals surface area contributed by atoms with Gasteiger partial charge in [-0.2, -0.15) is 0 Å². The maximum absolute atomic E-state index is 12.7. The van der Waals surface area contributed by atoms with Crippen molar-refractivity contribution >= 4 is 26.8 Å². The van der Waals surface area contributed by atoms with E-state index in [4.69, 9.17) is 0 Å². The Bertz CT molecular complexity index is 1020. The molecule has 0 saturated carbocycles. The molecule has 3 aromatic rings. The Morgan fingerprint density at radius 3 is 2.48 bits per heavy atom. The lowest BCUT2D eigenvalue weighted by molar-refractivity contribution is 0.0742. The van der Waals surface area contributed by atoms with Crippen molar-refractivity contribution in [3.8, 4) is 0 Å². The van der Waals surface area contributed by atoms with Crippen LogP contribution < -0.4 is 0 Å². The highest BCUT2D eigenvalue weighted by Gasteiger charge is 2.20. The lowest BCUT2D eigenvalue weighted by Crippen LogP contribution is -2.29. The summed E-state index contributed by atoms with van der Waals surface area (Å²) in [6, 6.07) is 11.7. The molecule has 0 aliphatic heterocycles. The Morgan fingerprint density at radius 1 is 1.16 bits per heavy atom. The number of aromatic amines is 1. The molecule has 25 heavy (non-hydrogen) atoms. The van der Waals surface area contributed by atoms with E-state index in [1.54, 1.807) is 60.7 Å². The maximum Gasteiger partial charge on any atom is 0.254 e. The molecule has 0 aliphatic carbocycles. The van der Waals surface area contributed by atoms with Gasteiger partial charge in [-0.15, -0.1) is 0 Å². The molecular formula is C18H19N3O3S. The van der Waals surface area contributed by atoms with Crippen molar-refractivity contribution in [2.45, 2.75) is 17.9 Å². The fourth-order valence-corrected chi connectivity index (χ4v) is 3.30. The van der Waals surface area contributed by atoms with E-state index >= 15 is 0 Å². The molecule has 0 aliphatic rings. The van der Waals surface area contributed by atoms with Crippen LogP contribution in [-0.4, -0.2) is 42.5 Å². The van der Waals surface area contributed by atoms with Crippen LogP contribution in [0.4, 0.5) is 0 Å². The number of aromatic nitrogens is 2. The van der Waals surface area contributed by atoms with Crippen LogP contribution in [0.2, 0.25) is 0 Å². The fraction of sp³-hybridized carbons (Fsp3) is 0.222. The molecule has 130 valence electrons. The van der Waals surface area contributed by atoms with Crippen molar-refractivity contribution in [3.63, 3.8) is 0 Å². The molecule has 1 N–H and O–H groups in total. The van der Waals surface area contributed by atoms with Gasteiger partial charge >= 0.3 is 0 Å². The number of nitrogens with zero attached hydrogens (tertiary/aromatic N) is 2. The minimum absolute atomic E-state index is 0.115. The zero-order valence-electron chi connectivity index (χ0n) is 14.2. The van der Waals surface area contributed by atoms with E-state index in [2.05, 4.69) is 9.97 Å². The van der Waals surface area contributed by atoms with E-state index in [1.165, 1.54) is 6.26 Å². The Hall–Kier alpha value is -2.67. The monoisotopic (exact) mass is 357 g/mol. The smallest absolute Gasteiger partial charge is 0.254 e. The molecule has 0 saturated heterocycles. The van der Waals surface area contributed by atoms with Gasteiger partial charge in [-0.3, -0.25) is 4.79 Å². The van der Waals surface area contributed by atoms with Crippen LogP contribution in [0, 0.1) is 0 Å². The van der Waals surface area contributed by atoms with Crippen molar-refractivity contribution in [3.05, 3.63) is 59.9 Å². The summed E-state index contributed by atoms with van der Waals surface area (Å²) in [4.78, 5) is 21.8. The topological polar surface area (TPSA) is 83.1 Å². The molecule has 1 aromatic heterocycles. The number of nitrogens with one attached hydrogen (secondary N) is 1. The third-order valence-electron chi connectivity index (χ3n) is 4.36. The predicted molar refractivity (Wildman–Crippen MR) is 96.2 cm³/mol. The number of benzene rings is 2. The molecule has 1 atom stereocenters. The molecule has 0 unspecified atom stereocenters. The summed E-state index contributed by atoms with van der Waals surface area (Å²) in [7, 11) is -1.50. The van der Waals surface area contributed by atoms with Crippen molar-refractivity contribution in [2.24, 2.45) is 0 Å². The number of carbonyl (C=O) groups excluding carboxylic acids is 1. The van der Waals surface area contributed by atoms with E-state index in [9.17, 15) is 13.2 Å². The SMILES string of the molecule is C[C@@H](c1ccc(S(C)(=O)=O)cc1)N(C)C(=O)c1ccc2nc[nH]c2c1. The normalized spacial score (nSPS) is 12.9. The van der Waals surface area contributed by atoms with Crippen LogP contribution in [0.3, 0.4) is 0 Å². The molecule has 0 spiro atoms. The minimum Gasteiger partial charge on any atom is -0.345 e. The van der Waals surface area contributed by atoms with Crippen LogP contribution in [0.25, 0.3) is 11.0 Å². The summed E-state index contributed by atoms with van der Waals surface area (Å²) in [6.07, 6.45) is 2.77. The van der Waals surface area contributed by atoms with E-state index in [1.807, 2.05) is 6.92 Å². The van der Waals surface area contributed by atoms with Gasteiger partial charge in [-0.25, -0.2) is 13.4 Å². The summed E-state index contributed by atoms with van der Waals surface area (Å²) in [5.41, 5.74) is 3.05. The van der Waals surface area contributed by atoms with Gasteiger partial charge in [0.2, 0.25) is 0 Å². The molecular weight excluding hydrogens is 338 g/mol. The van der Waals surface area contributed by atoms with Crippen LogP contribution in [-0.2, 0) is 9.84 Å². The first-order valence-electron chi connectivity index (χ1n) is 7.77. The average molecular weight is 357 g/mol. The molecule has 2 aromatic carbocycles. The van der Waals surface area contributed by atoms with Gasteiger partial charge in [0.1, 0.15) is 0 Å². The van der Waals surface area contributed by atoms with Gasteiger partial charge < -0.3 is 9.88 Å². The Balaban J connectivity index is 1.83. The predicted octanol–water partition coefficient (Wildman–Crippen LogP) is 2.80. The average Bonchev–Trinajstić information content (AvgIpc) is 3.06. The molecule has 1 amide bonds. The number of hydrogen-bond donors (Lipinski definition) is 1. The number of sulfone groups is 1. The van der Waals surface area contributed by atoms with Gasteiger partial charge in [0.15, 0.2) is 9.84 Å². The van der Waals surface area contributed by atoms with Crippen molar-refractivity contribution in [1.29, 1.82) is 0 Å². The van der Waals surface area contributed by atoms with Crippen LogP contribution in [0.15, 0.2) is 53.7 Å². The highest BCUT2D eigenvalue weighted by atomic mass is 32.2. The highest BCUT2D eigenvalue weighted by molar-refractivity contribution is 7.90. The number of carbonyl (C=O) groups is 1. The number of rotatable bonds is 4. The van der Waals surface area contributed by atoms with Crippen LogP contribution >= 0.6 is 0 Å². The highest BCUT2D eigenvalue weighted by Crippen LogP contribution is 2.23. The first kappa shape index (κ1) is 17.2. The molecule has 0 bridgehead atoms. The summed E-state index contributed by atoms with van der Waals surface area (Å²) in [6.45, 7) is 1.90. The second kappa shape index (κ2) is 6.33. The van der Waals surface area contributed by atoms with Crippen LogP contribution in [0.5, 0.6) is 0 Å². The Labute approximate surface area is 146 Å². The van der Waals surface area contributed by atoms with Crippen molar-refractivity contribution in [2.75, 3.05) is 13.3 Å². The van der Waals surface area contributed by atoms with Gasteiger partial charge in [0, 0.05) is 18.9 Å². The fourth-order valence-electron chi connectivity index (χ4n) is 2.67. The Morgan fingerprint density at radius 2 is 1.84 bits per heavy atom. The zero-order chi connectivity index (χ0) is 18.2. The van der Waals surface area contributed by atoms with Crippen molar-refractivity contribution in [1.82, 2.24) is 14.9 Å². The van der Waals surface area contributed by atoms with Gasteiger partial charge in [0.05, 0.1) is 28.3 Å². The largest absolute Gasteiger partial charge is 0.345 e. The maximum atomic E-state index is 12.7. The molecule has 3 rings (SSSR count). The van der Waals surface area contributed by atoms with Gasteiger partial charge in [-0.05, 0) is 42.8 Å². The first-order chi connectivity index (χ1) is 11.8. The lowest BCUT2D eigenvalue weighted by atomic mass is 10.1. The van der Waals surface area contributed by atoms with E-state index < -0.39 is 9.84 Å². The lowest BCUT2D eigenvalue weighted by Gasteiger charge is -2.25. The third-order valence-corrected chi connectivity index (χ3v) is 5.49. The van der Waals surface area contributed by atoms with Gasteiger partial charge in [0.25, 0.3) is 5.91 Å². The quantitative estimate of drug-likeness (QED) is 0.778. The van der Waals surface area contributed by atoms with E-state index in [0.29, 0.717) is 5.56 Å². The molecule has 7 heteroatoms. The summed E-state index contributed by atoms with van der Waals surface area (Å²) in [5.74, 6) is -0.115. The first-order valence-corrected chi connectivity index (χ1v) is 9.67. The molecule has 6 nitrogen and oxygen atoms in total. The molecule has 0 fully saturated rings. The summed E-state index contributed by atoms with van der Waals surface area (Å²) < 4.78 is 23.1. The number of imidazole rings is 1. The number of amides is 1. The number of H-pyrrole nitrogens is 1. The number of hydrogen-bond acceptors (Lipinski definition) is 4. The standard InChI is InChI=1S/C18H19N3O3S/c1-12(13-4-7-15(8-5-13)25(3,23)24)21(2)18(22)14-6-9-16-17(10-14)20-11-19-16/h4-12H,1-3H3,(H,19,20)/t12-/m0/s1. The molecule has 1 heterocycles. The van der Waals surface area contributed by atoms with E-state index in [0.717, 1.165) is 16.6 Å². The zero-order valence-corrected chi connectivity index (χ0v) is 15.0. The van der Waals surface area contributed by atoms with E-state index in [-0.39, 0.29) is 16.8 Å². The van der Waals surface area contributed by atoms with Gasteiger partial charge in [-0.1, -0.05) is 12.1 Å². The summed E-state index contributed by atoms with van der Waals surface area (Å²) in [5, 5.41) is 0. The second-order valence-corrected chi connectivity index (χ2v) is 8.08. The number of fused-ring (bicyclic) bond motifs is 1. The van der Waals surface area contributed by atoms with Crippen LogP contribution in [0.1, 0.15) is 28.9 Å². The summed E-state index contributed by atoms with van der Waals surface area (Å²) >= 11 is 0. The molecule has 0 radical (unpaired) electrons. The second-order valence-electron chi connectivity index (χ2n) is 6.07.